The lowest BCUT2D eigenvalue weighted by Crippen LogP contribution is -2.40. The number of anilines is 1. The van der Waals surface area contributed by atoms with Gasteiger partial charge in [0.15, 0.2) is 0 Å². The average molecular weight is 429 g/mol. The van der Waals surface area contributed by atoms with E-state index in [0.717, 1.165) is 49.4 Å². The molecule has 2 aromatic carbocycles. The number of halogens is 1. The van der Waals surface area contributed by atoms with Crippen LogP contribution in [0.3, 0.4) is 0 Å². The van der Waals surface area contributed by atoms with E-state index in [2.05, 4.69) is 10.2 Å². The van der Waals surface area contributed by atoms with Crippen LogP contribution in [0.4, 0.5) is 5.69 Å². The minimum atomic E-state index is -0.330. The standard InChI is InChI=1S/C24H29ClN2O3/c1-2-3-15-30-24(29)18-10-12-21(13-11-18)26-23(28)20-8-6-14-27(17-20)16-19-7-4-5-9-22(19)25/h4-5,7,9-13,20H,2-3,6,8,14-17H2,1H3,(H,26,28)/t20-/m0/s1. The van der Waals surface area contributed by atoms with Crippen molar-refractivity contribution in [1.82, 2.24) is 4.90 Å². The second-order valence-electron chi connectivity index (χ2n) is 7.72. The quantitative estimate of drug-likeness (QED) is 0.466. The third-order valence-electron chi connectivity index (χ3n) is 5.35. The normalized spacial score (nSPS) is 16.8. The Morgan fingerprint density at radius 3 is 2.67 bits per heavy atom. The molecule has 1 heterocycles. The lowest BCUT2D eigenvalue weighted by atomic mass is 9.96. The van der Waals surface area contributed by atoms with Gasteiger partial charge in [-0.1, -0.05) is 43.1 Å². The molecule has 6 heteroatoms. The number of ether oxygens (including phenoxy) is 1. The van der Waals surface area contributed by atoms with Gasteiger partial charge in [-0.05, 0) is 61.7 Å². The molecule has 1 aliphatic heterocycles. The van der Waals surface area contributed by atoms with Crippen LogP contribution in [0.2, 0.25) is 5.02 Å². The first-order valence-corrected chi connectivity index (χ1v) is 11.0. The highest BCUT2D eigenvalue weighted by Crippen LogP contribution is 2.23. The molecule has 0 spiro atoms. The molecule has 1 saturated heterocycles. The predicted molar refractivity (Wildman–Crippen MR) is 120 cm³/mol. The van der Waals surface area contributed by atoms with Crippen molar-refractivity contribution in [3.8, 4) is 0 Å². The van der Waals surface area contributed by atoms with Gasteiger partial charge in [0.05, 0.1) is 18.1 Å². The van der Waals surface area contributed by atoms with Gasteiger partial charge in [0.25, 0.3) is 0 Å². The van der Waals surface area contributed by atoms with Crippen molar-refractivity contribution in [3.63, 3.8) is 0 Å². The fourth-order valence-corrected chi connectivity index (χ4v) is 3.80. The molecule has 1 atom stereocenters. The molecule has 30 heavy (non-hydrogen) atoms. The number of amides is 1. The summed E-state index contributed by atoms with van der Waals surface area (Å²) in [7, 11) is 0. The van der Waals surface area contributed by atoms with Crippen LogP contribution in [0.25, 0.3) is 0 Å². The van der Waals surface area contributed by atoms with Crippen LogP contribution in [0.1, 0.15) is 48.5 Å². The van der Waals surface area contributed by atoms with Gasteiger partial charge in [-0.2, -0.15) is 0 Å². The fraction of sp³-hybridized carbons (Fsp3) is 0.417. The molecule has 1 fully saturated rings. The predicted octanol–water partition coefficient (Wildman–Crippen LogP) is 5.15. The maximum atomic E-state index is 12.8. The van der Waals surface area contributed by atoms with E-state index in [1.807, 2.05) is 31.2 Å². The highest BCUT2D eigenvalue weighted by Gasteiger charge is 2.26. The summed E-state index contributed by atoms with van der Waals surface area (Å²) in [4.78, 5) is 27.0. The summed E-state index contributed by atoms with van der Waals surface area (Å²) in [6.07, 6.45) is 3.68. The Bertz CT molecular complexity index is 854. The lowest BCUT2D eigenvalue weighted by molar-refractivity contribution is -0.121. The maximum Gasteiger partial charge on any atom is 0.338 e. The van der Waals surface area contributed by atoms with Crippen LogP contribution >= 0.6 is 11.6 Å². The van der Waals surface area contributed by atoms with Crippen molar-refractivity contribution in [1.29, 1.82) is 0 Å². The van der Waals surface area contributed by atoms with E-state index < -0.39 is 0 Å². The second kappa shape index (κ2) is 11.1. The first kappa shape index (κ1) is 22.3. The molecular formula is C24H29ClN2O3. The number of rotatable bonds is 8. The molecule has 1 aliphatic rings. The number of nitrogens with one attached hydrogen (secondary N) is 1. The molecule has 3 rings (SSSR count). The first-order chi connectivity index (χ1) is 14.6. The van der Waals surface area contributed by atoms with Crippen LogP contribution in [0, 0.1) is 5.92 Å². The Balaban J connectivity index is 1.52. The van der Waals surface area contributed by atoms with Gasteiger partial charge in [0.2, 0.25) is 5.91 Å². The Kier molecular flexibility index (Phi) is 8.29. The SMILES string of the molecule is CCCCOC(=O)c1ccc(NC(=O)[C@H]2CCCN(Cc3ccccc3Cl)C2)cc1. The average Bonchev–Trinajstić information content (AvgIpc) is 2.76. The van der Waals surface area contributed by atoms with Gasteiger partial charge < -0.3 is 10.1 Å². The van der Waals surface area contributed by atoms with E-state index in [9.17, 15) is 9.59 Å². The molecule has 0 radical (unpaired) electrons. The van der Waals surface area contributed by atoms with E-state index in [1.165, 1.54) is 0 Å². The summed E-state index contributed by atoms with van der Waals surface area (Å²) in [6.45, 7) is 4.90. The number of esters is 1. The topological polar surface area (TPSA) is 58.6 Å². The highest BCUT2D eigenvalue weighted by atomic mass is 35.5. The molecule has 160 valence electrons. The molecule has 0 aromatic heterocycles. The zero-order valence-corrected chi connectivity index (χ0v) is 18.2. The van der Waals surface area contributed by atoms with Crippen LogP contribution in [-0.2, 0) is 16.1 Å². The van der Waals surface area contributed by atoms with E-state index >= 15 is 0 Å². The van der Waals surface area contributed by atoms with Crippen molar-refractivity contribution >= 4 is 29.2 Å². The number of likely N-dealkylation sites (tertiary alicyclic amines) is 1. The Labute approximate surface area is 183 Å². The smallest absolute Gasteiger partial charge is 0.338 e. The van der Waals surface area contributed by atoms with Gasteiger partial charge in [0.1, 0.15) is 0 Å². The summed E-state index contributed by atoms with van der Waals surface area (Å²) < 4.78 is 5.21. The molecular weight excluding hydrogens is 400 g/mol. The van der Waals surface area contributed by atoms with Crippen molar-refractivity contribution in [3.05, 3.63) is 64.7 Å². The summed E-state index contributed by atoms with van der Waals surface area (Å²) in [5, 5.41) is 3.74. The van der Waals surface area contributed by atoms with Gasteiger partial charge >= 0.3 is 5.97 Å². The maximum absolute atomic E-state index is 12.8. The van der Waals surface area contributed by atoms with Crippen LogP contribution in [0.5, 0.6) is 0 Å². The summed E-state index contributed by atoms with van der Waals surface area (Å²) in [5.41, 5.74) is 2.27. The van der Waals surface area contributed by atoms with Crippen molar-refractivity contribution < 1.29 is 14.3 Å². The Morgan fingerprint density at radius 1 is 1.17 bits per heavy atom. The number of unbranched alkanes of at least 4 members (excludes halogenated alkanes) is 1. The molecule has 0 unspecified atom stereocenters. The zero-order chi connectivity index (χ0) is 21.3. The summed E-state index contributed by atoms with van der Waals surface area (Å²) in [5.74, 6) is -0.388. The number of carbonyl (C=O) groups excluding carboxylic acids is 2. The van der Waals surface area contributed by atoms with Crippen LogP contribution < -0.4 is 5.32 Å². The van der Waals surface area contributed by atoms with Crippen molar-refractivity contribution in [2.75, 3.05) is 25.0 Å². The number of hydrogen-bond acceptors (Lipinski definition) is 4. The molecule has 2 aromatic rings. The van der Waals surface area contributed by atoms with Gasteiger partial charge in [-0.15, -0.1) is 0 Å². The molecule has 0 bridgehead atoms. The number of hydrogen-bond donors (Lipinski definition) is 1. The number of carbonyl (C=O) groups is 2. The molecule has 0 aliphatic carbocycles. The van der Waals surface area contributed by atoms with E-state index in [1.54, 1.807) is 24.3 Å². The number of benzene rings is 2. The van der Waals surface area contributed by atoms with Gasteiger partial charge in [-0.25, -0.2) is 4.79 Å². The van der Waals surface area contributed by atoms with E-state index in [4.69, 9.17) is 16.3 Å². The minimum Gasteiger partial charge on any atom is -0.462 e. The third kappa shape index (κ3) is 6.31. The molecule has 0 saturated carbocycles. The van der Waals surface area contributed by atoms with Crippen LogP contribution in [0.15, 0.2) is 48.5 Å². The Morgan fingerprint density at radius 2 is 1.93 bits per heavy atom. The molecule has 5 nitrogen and oxygen atoms in total. The number of piperidine rings is 1. The zero-order valence-electron chi connectivity index (χ0n) is 17.4. The summed E-state index contributed by atoms with van der Waals surface area (Å²) >= 11 is 6.28. The lowest BCUT2D eigenvalue weighted by Gasteiger charge is -2.32. The Hall–Kier alpha value is -2.37. The number of nitrogens with zero attached hydrogens (tertiary/aromatic N) is 1. The van der Waals surface area contributed by atoms with Gasteiger partial charge in [0, 0.05) is 23.8 Å². The van der Waals surface area contributed by atoms with E-state index in [-0.39, 0.29) is 17.8 Å². The van der Waals surface area contributed by atoms with E-state index in [0.29, 0.717) is 24.4 Å². The van der Waals surface area contributed by atoms with Crippen molar-refractivity contribution in [2.24, 2.45) is 5.92 Å². The highest BCUT2D eigenvalue weighted by molar-refractivity contribution is 6.31. The van der Waals surface area contributed by atoms with Crippen molar-refractivity contribution in [2.45, 2.75) is 39.2 Å². The minimum absolute atomic E-state index is 0.0112. The largest absolute Gasteiger partial charge is 0.462 e. The van der Waals surface area contributed by atoms with Gasteiger partial charge in [-0.3, -0.25) is 9.69 Å². The molecule has 1 amide bonds. The molecule has 1 N–H and O–H groups in total. The fourth-order valence-electron chi connectivity index (χ4n) is 3.61. The van der Waals surface area contributed by atoms with Crippen LogP contribution in [-0.4, -0.2) is 36.5 Å². The third-order valence-corrected chi connectivity index (χ3v) is 5.72. The monoisotopic (exact) mass is 428 g/mol. The summed E-state index contributed by atoms with van der Waals surface area (Å²) in [6, 6.07) is 14.7. The second-order valence-corrected chi connectivity index (χ2v) is 8.13. The first-order valence-electron chi connectivity index (χ1n) is 10.6.